The van der Waals surface area contributed by atoms with Crippen LogP contribution in [0.25, 0.3) is 0 Å². The molecule has 0 fully saturated rings. The van der Waals surface area contributed by atoms with Gasteiger partial charge in [-0.25, -0.2) is 0 Å². The molecule has 0 aliphatic carbocycles. The second-order valence-electron chi connectivity index (χ2n) is 3.75. The molecule has 84 valence electrons. The molecule has 1 N–H and O–H groups in total. The molecule has 0 aliphatic heterocycles. The minimum Gasteiger partial charge on any atom is -0.378 e. The Bertz CT molecular complexity index is 444. The zero-order valence-corrected chi connectivity index (χ0v) is 9.64. The van der Waals surface area contributed by atoms with Crippen molar-refractivity contribution >= 4 is 5.69 Å². The third-order valence-electron chi connectivity index (χ3n) is 2.54. The molecule has 1 aromatic carbocycles. The Morgan fingerprint density at radius 3 is 2.69 bits per heavy atom. The molecule has 0 radical (unpaired) electrons. The molecule has 0 saturated heterocycles. The summed E-state index contributed by atoms with van der Waals surface area (Å²) in [6.07, 6.45) is 1.76. The molecular formula is C12H16N4. The molecule has 1 heterocycles. The largest absolute Gasteiger partial charge is 0.378 e. The molecule has 0 spiro atoms. The zero-order valence-electron chi connectivity index (χ0n) is 9.64. The molecule has 1 aromatic heterocycles. The fourth-order valence-electron chi connectivity index (χ4n) is 1.53. The van der Waals surface area contributed by atoms with Gasteiger partial charge in [-0.2, -0.15) is 0 Å². The quantitative estimate of drug-likeness (QED) is 0.852. The lowest BCUT2D eigenvalue weighted by Gasteiger charge is -2.07. The molecule has 0 amide bonds. The first-order valence-electron chi connectivity index (χ1n) is 5.47. The third kappa shape index (κ3) is 2.39. The van der Waals surface area contributed by atoms with E-state index in [9.17, 15) is 0 Å². The van der Waals surface area contributed by atoms with E-state index in [-0.39, 0.29) is 0 Å². The highest BCUT2D eigenvalue weighted by Gasteiger charge is 2.01. The molecule has 2 rings (SSSR count). The Labute approximate surface area is 95.3 Å². The van der Waals surface area contributed by atoms with Crippen LogP contribution in [0, 0.1) is 6.92 Å². The van der Waals surface area contributed by atoms with Crippen LogP contribution in [0.4, 0.5) is 5.69 Å². The second kappa shape index (κ2) is 4.79. The molecule has 0 aliphatic rings. The average molecular weight is 216 g/mol. The van der Waals surface area contributed by atoms with E-state index in [4.69, 9.17) is 0 Å². The van der Waals surface area contributed by atoms with Crippen LogP contribution >= 0.6 is 0 Å². The van der Waals surface area contributed by atoms with Crippen LogP contribution in [-0.2, 0) is 13.1 Å². The topological polar surface area (TPSA) is 42.7 Å². The lowest BCUT2D eigenvalue weighted by atomic mass is 10.2. The highest BCUT2D eigenvalue weighted by Crippen LogP contribution is 2.09. The summed E-state index contributed by atoms with van der Waals surface area (Å²) in [6, 6.07) is 8.32. The number of anilines is 1. The van der Waals surface area contributed by atoms with Crippen molar-refractivity contribution in [1.29, 1.82) is 0 Å². The molecule has 2 aromatic rings. The van der Waals surface area contributed by atoms with Gasteiger partial charge in [0.15, 0.2) is 5.82 Å². The van der Waals surface area contributed by atoms with Crippen molar-refractivity contribution in [3.8, 4) is 0 Å². The minimum atomic E-state index is 0.705. The van der Waals surface area contributed by atoms with Crippen molar-refractivity contribution < 1.29 is 0 Å². The molecule has 0 unspecified atom stereocenters. The maximum atomic E-state index is 4.07. The molecule has 0 bridgehead atoms. The lowest BCUT2D eigenvalue weighted by Crippen LogP contribution is -2.07. The van der Waals surface area contributed by atoms with E-state index in [1.54, 1.807) is 6.33 Å². The van der Waals surface area contributed by atoms with Gasteiger partial charge in [-0.3, -0.25) is 0 Å². The number of aromatic nitrogens is 3. The van der Waals surface area contributed by atoms with E-state index in [0.29, 0.717) is 6.54 Å². The highest BCUT2D eigenvalue weighted by molar-refractivity contribution is 5.44. The molecule has 4 nitrogen and oxygen atoms in total. The van der Waals surface area contributed by atoms with Gasteiger partial charge in [0, 0.05) is 12.2 Å². The Kier molecular flexibility index (Phi) is 3.19. The van der Waals surface area contributed by atoms with Gasteiger partial charge < -0.3 is 9.88 Å². The van der Waals surface area contributed by atoms with Gasteiger partial charge in [0.2, 0.25) is 0 Å². The maximum absolute atomic E-state index is 4.07. The molecule has 16 heavy (non-hydrogen) atoms. The average Bonchev–Trinajstić information content (AvgIpc) is 2.76. The zero-order chi connectivity index (χ0) is 11.4. The van der Waals surface area contributed by atoms with Crippen molar-refractivity contribution in [3.63, 3.8) is 0 Å². The van der Waals surface area contributed by atoms with Crippen molar-refractivity contribution in [2.24, 2.45) is 0 Å². The van der Waals surface area contributed by atoms with Gasteiger partial charge in [0.25, 0.3) is 0 Å². The van der Waals surface area contributed by atoms with E-state index in [2.05, 4.69) is 53.6 Å². The van der Waals surface area contributed by atoms with Crippen LogP contribution in [-0.4, -0.2) is 14.8 Å². The predicted molar refractivity (Wildman–Crippen MR) is 64.2 cm³/mol. The Hall–Kier alpha value is -1.84. The van der Waals surface area contributed by atoms with Crippen LogP contribution in [0.2, 0.25) is 0 Å². The highest BCUT2D eigenvalue weighted by atomic mass is 15.3. The Morgan fingerprint density at radius 2 is 2.00 bits per heavy atom. The number of rotatable bonds is 4. The van der Waals surface area contributed by atoms with Gasteiger partial charge in [0.1, 0.15) is 6.33 Å². The van der Waals surface area contributed by atoms with Gasteiger partial charge in [-0.1, -0.05) is 17.7 Å². The maximum Gasteiger partial charge on any atom is 0.152 e. The number of hydrogen-bond acceptors (Lipinski definition) is 3. The summed E-state index contributed by atoms with van der Waals surface area (Å²) in [7, 11) is 0. The summed E-state index contributed by atoms with van der Waals surface area (Å²) in [6.45, 7) is 5.77. The van der Waals surface area contributed by atoms with E-state index in [1.165, 1.54) is 5.56 Å². The van der Waals surface area contributed by atoms with E-state index < -0.39 is 0 Å². The first-order chi connectivity index (χ1) is 7.79. The van der Waals surface area contributed by atoms with Crippen molar-refractivity contribution in [3.05, 3.63) is 42.0 Å². The SMILES string of the molecule is CCn1cnnc1CNc1ccc(C)cc1. The Balaban J connectivity index is 1.99. The van der Waals surface area contributed by atoms with Gasteiger partial charge in [-0.05, 0) is 26.0 Å². The van der Waals surface area contributed by atoms with Crippen LogP contribution in [0.15, 0.2) is 30.6 Å². The van der Waals surface area contributed by atoms with Gasteiger partial charge in [0.05, 0.1) is 6.54 Å². The fourth-order valence-corrected chi connectivity index (χ4v) is 1.53. The molecular weight excluding hydrogens is 200 g/mol. The molecule has 0 atom stereocenters. The Morgan fingerprint density at radius 1 is 1.25 bits per heavy atom. The predicted octanol–water partition coefficient (Wildman–Crippen LogP) is 2.22. The summed E-state index contributed by atoms with van der Waals surface area (Å²) >= 11 is 0. The number of nitrogens with one attached hydrogen (secondary N) is 1. The van der Waals surface area contributed by atoms with Gasteiger partial charge >= 0.3 is 0 Å². The number of hydrogen-bond donors (Lipinski definition) is 1. The third-order valence-corrected chi connectivity index (χ3v) is 2.54. The molecule has 4 heteroatoms. The summed E-state index contributed by atoms with van der Waals surface area (Å²) < 4.78 is 2.03. The van der Waals surface area contributed by atoms with Gasteiger partial charge in [-0.15, -0.1) is 10.2 Å². The van der Waals surface area contributed by atoms with E-state index in [1.807, 2.05) is 4.57 Å². The van der Waals surface area contributed by atoms with Crippen LogP contribution in [0.3, 0.4) is 0 Å². The number of benzene rings is 1. The van der Waals surface area contributed by atoms with Crippen LogP contribution < -0.4 is 5.32 Å². The van der Waals surface area contributed by atoms with Crippen LogP contribution in [0.5, 0.6) is 0 Å². The summed E-state index contributed by atoms with van der Waals surface area (Å²) in [5, 5.41) is 11.3. The first kappa shape index (κ1) is 10.7. The van der Waals surface area contributed by atoms with E-state index in [0.717, 1.165) is 18.1 Å². The van der Waals surface area contributed by atoms with Crippen molar-refractivity contribution in [2.45, 2.75) is 26.9 Å². The summed E-state index contributed by atoms with van der Waals surface area (Å²) in [5.74, 6) is 0.961. The number of aryl methyl sites for hydroxylation is 2. The monoisotopic (exact) mass is 216 g/mol. The lowest BCUT2D eigenvalue weighted by molar-refractivity contribution is 0.708. The van der Waals surface area contributed by atoms with Crippen molar-refractivity contribution in [1.82, 2.24) is 14.8 Å². The second-order valence-corrected chi connectivity index (χ2v) is 3.75. The number of nitrogens with zero attached hydrogens (tertiary/aromatic N) is 3. The van der Waals surface area contributed by atoms with E-state index >= 15 is 0 Å². The smallest absolute Gasteiger partial charge is 0.152 e. The first-order valence-corrected chi connectivity index (χ1v) is 5.47. The molecule has 0 saturated carbocycles. The summed E-state index contributed by atoms with van der Waals surface area (Å²) in [5.41, 5.74) is 2.37. The van der Waals surface area contributed by atoms with Crippen molar-refractivity contribution in [2.75, 3.05) is 5.32 Å². The summed E-state index contributed by atoms with van der Waals surface area (Å²) in [4.78, 5) is 0. The van der Waals surface area contributed by atoms with Crippen LogP contribution in [0.1, 0.15) is 18.3 Å². The normalized spacial score (nSPS) is 10.4. The fraction of sp³-hybridized carbons (Fsp3) is 0.333. The standard InChI is InChI=1S/C12H16N4/c1-3-16-9-14-15-12(16)8-13-11-6-4-10(2)5-7-11/h4-7,9,13H,3,8H2,1-2H3. The minimum absolute atomic E-state index is 0.705.